The molecule has 8 nitrogen and oxygen atoms in total. The fourth-order valence-corrected chi connectivity index (χ4v) is 3.21. The number of amides is 1. The Morgan fingerprint density at radius 1 is 1.20 bits per heavy atom. The summed E-state index contributed by atoms with van der Waals surface area (Å²) < 4.78 is 8.19. The molecule has 0 unspecified atom stereocenters. The Balaban J connectivity index is 1.61. The van der Waals surface area contributed by atoms with E-state index in [9.17, 15) is 9.59 Å². The zero-order valence-electron chi connectivity index (χ0n) is 16.3. The summed E-state index contributed by atoms with van der Waals surface area (Å²) in [6, 6.07) is 12.7. The van der Waals surface area contributed by atoms with Gasteiger partial charge >= 0.3 is 5.69 Å². The average Bonchev–Trinajstić information content (AvgIpc) is 3.02. The molecule has 0 radical (unpaired) electrons. The van der Waals surface area contributed by atoms with E-state index in [-0.39, 0.29) is 18.1 Å². The number of halogens is 1. The maximum Gasteiger partial charge on any atom is 0.351 e. The lowest BCUT2D eigenvalue weighted by Crippen LogP contribution is -2.28. The quantitative estimate of drug-likeness (QED) is 0.529. The Bertz CT molecular complexity index is 1310. The van der Waals surface area contributed by atoms with Crippen molar-refractivity contribution in [2.45, 2.75) is 20.4 Å². The van der Waals surface area contributed by atoms with Crippen LogP contribution in [-0.2, 0) is 11.3 Å². The van der Waals surface area contributed by atoms with Gasteiger partial charge < -0.3 is 10.1 Å². The number of ether oxygens (including phenoxy) is 1. The van der Waals surface area contributed by atoms with Crippen molar-refractivity contribution >= 4 is 28.8 Å². The van der Waals surface area contributed by atoms with Crippen LogP contribution in [-0.4, -0.2) is 25.1 Å². The number of benzene rings is 2. The van der Waals surface area contributed by atoms with E-state index in [4.69, 9.17) is 16.3 Å². The molecule has 1 N–H and O–H groups in total. The minimum atomic E-state index is -0.479. The van der Waals surface area contributed by atoms with Crippen LogP contribution in [0, 0.1) is 13.8 Å². The molecule has 4 rings (SSSR count). The molecule has 2 heterocycles. The van der Waals surface area contributed by atoms with Crippen molar-refractivity contribution in [2.75, 3.05) is 5.32 Å². The van der Waals surface area contributed by atoms with Crippen molar-refractivity contribution in [1.82, 2.24) is 19.2 Å². The summed E-state index contributed by atoms with van der Waals surface area (Å²) in [7, 11) is 0. The van der Waals surface area contributed by atoms with Gasteiger partial charge in [-0.05, 0) is 43.2 Å². The van der Waals surface area contributed by atoms with Crippen LogP contribution in [0.15, 0.2) is 59.7 Å². The van der Waals surface area contributed by atoms with Crippen LogP contribution in [0.25, 0.3) is 5.65 Å². The van der Waals surface area contributed by atoms with Crippen molar-refractivity contribution in [2.24, 2.45) is 0 Å². The topological polar surface area (TPSA) is 90.5 Å². The highest BCUT2D eigenvalue weighted by atomic mass is 35.5. The number of para-hydroxylation sites is 1. The van der Waals surface area contributed by atoms with Crippen LogP contribution in [0.2, 0.25) is 5.02 Å². The zero-order valence-corrected chi connectivity index (χ0v) is 17.1. The second-order valence-corrected chi connectivity index (χ2v) is 7.17. The number of anilines is 1. The number of nitrogens with one attached hydrogen (secondary N) is 1. The number of aromatic nitrogens is 4. The lowest BCUT2D eigenvalue weighted by Gasteiger charge is -2.07. The van der Waals surface area contributed by atoms with Gasteiger partial charge in [0.1, 0.15) is 12.3 Å². The molecule has 152 valence electrons. The predicted octanol–water partition coefficient (Wildman–Crippen LogP) is 3.59. The Morgan fingerprint density at radius 2 is 2.00 bits per heavy atom. The number of carbonyl (C=O) groups is 1. The lowest BCUT2D eigenvalue weighted by molar-refractivity contribution is -0.117. The van der Waals surface area contributed by atoms with E-state index in [2.05, 4.69) is 15.4 Å². The summed E-state index contributed by atoms with van der Waals surface area (Å²) in [6.45, 7) is 3.52. The van der Waals surface area contributed by atoms with Gasteiger partial charge in [0.25, 0.3) is 5.88 Å². The van der Waals surface area contributed by atoms with Crippen LogP contribution in [0.1, 0.15) is 11.1 Å². The Kier molecular flexibility index (Phi) is 5.24. The molecule has 2 aromatic heterocycles. The Morgan fingerprint density at radius 3 is 2.77 bits per heavy atom. The fraction of sp³-hybridized carbons (Fsp3) is 0.143. The molecule has 4 aromatic rings. The molecule has 0 aliphatic carbocycles. The zero-order chi connectivity index (χ0) is 21.3. The van der Waals surface area contributed by atoms with E-state index in [1.807, 2.05) is 38.1 Å². The maximum atomic E-state index is 12.7. The van der Waals surface area contributed by atoms with E-state index in [0.717, 1.165) is 15.8 Å². The molecular formula is C21H18ClN5O3. The smallest absolute Gasteiger partial charge is 0.351 e. The second-order valence-electron chi connectivity index (χ2n) is 6.77. The molecule has 1 amide bonds. The Labute approximate surface area is 176 Å². The lowest BCUT2D eigenvalue weighted by atomic mass is 10.2. The van der Waals surface area contributed by atoms with Crippen LogP contribution >= 0.6 is 11.6 Å². The first-order valence-electron chi connectivity index (χ1n) is 9.16. The van der Waals surface area contributed by atoms with Gasteiger partial charge in [-0.1, -0.05) is 35.9 Å². The fourth-order valence-electron chi connectivity index (χ4n) is 2.92. The standard InChI is InChI=1S/C21H18ClN5O3/c1-13-7-8-16(15(22)11-13)24-18(28)12-27-21(29)26-10-9-23-20(19(26)25-27)30-17-6-4-3-5-14(17)2/h3-11H,12H2,1-2H3,(H,24,28). The van der Waals surface area contributed by atoms with Gasteiger partial charge in [-0.25, -0.2) is 18.9 Å². The second kappa shape index (κ2) is 8.00. The first kappa shape index (κ1) is 19.7. The molecule has 9 heteroatoms. The van der Waals surface area contributed by atoms with Gasteiger partial charge in [-0.15, -0.1) is 5.10 Å². The van der Waals surface area contributed by atoms with Crippen molar-refractivity contribution in [3.05, 3.63) is 81.5 Å². The first-order valence-corrected chi connectivity index (χ1v) is 9.54. The molecule has 0 atom stereocenters. The minimum Gasteiger partial charge on any atom is -0.436 e. The summed E-state index contributed by atoms with van der Waals surface area (Å²) >= 11 is 6.15. The van der Waals surface area contributed by atoms with E-state index in [0.29, 0.717) is 16.5 Å². The number of aryl methyl sites for hydroxylation is 2. The number of carbonyl (C=O) groups excluding carboxylic acids is 1. The molecule has 0 spiro atoms. The summed E-state index contributed by atoms with van der Waals surface area (Å²) in [4.78, 5) is 29.3. The number of hydrogen-bond acceptors (Lipinski definition) is 5. The van der Waals surface area contributed by atoms with Gasteiger partial charge in [0.05, 0.1) is 10.7 Å². The van der Waals surface area contributed by atoms with Crippen molar-refractivity contribution in [3.63, 3.8) is 0 Å². The molecule has 0 aliphatic rings. The van der Waals surface area contributed by atoms with Crippen LogP contribution < -0.4 is 15.7 Å². The Hall–Kier alpha value is -3.65. The predicted molar refractivity (Wildman–Crippen MR) is 113 cm³/mol. The molecule has 0 bridgehead atoms. The van der Waals surface area contributed by atoms with E-state index < -0.39 is 11.6 Å². The average molecular weight is 424 g/mol. The monoisotopic (exact) mass is 423 g/mol. The summed E-state index contributed by atoms with van der Waals surface area (Å²) in [5, 5.41) is 7.35. The number of nitrogens with zero attached hydrogens (tertiary/aromatic N) is 4. The van der Waals surface area contributed by atoms with Crippen molar-refractivity contribution < 1.29 is 9.53 Å². The van der Waals surface area contributed by atoms with Gasteiger partial charge in [-0.3, -0.25) is 4.79 Å². The van der Waals surface area contributed by atoms with Gasteiger partial charge in [-0.2, -0.15) is 0 Å². The van der Waals surface area contributed by atoms with Crippen molar-refractivity contribution in [3.8, 4) is 11.6 Å². The van der Waals surface area contributed by atoms with E-state index in [1.165, 1.54) is 16.8 Å². The van der Waals surface area contributed by atoms with Gasteiger partial charge in [0.2, 0.25) is 11.6 Å². The normalized spacial score (nSPS) is 10.9. The molecule has 30 heavy (non-hydrogen) atoms. The van der Waals surface area contributed by atoms with Crippen molar-refractivity contribution in [1.29, 1.82) is 0 Å². The largest absolute Gasteiger partial charge is 0.436 e. The number of hydrogen-bond donors (Lipinski definition) is 1. The minimum absolute atomic E-state index is 0.171. The molecule has 0 saturated carbocycles. The highest BCUT2D eigenvalue weighted by Gasteiger charge is 2.16. The van der Waals surface area contributed by atoms with Crippen LogP contribution in [0.3, 0.4) is 0 Å². The number of rotatable bonds is 5. The van der Waals surface area contributed by atoms with E-state index in [1.54, 1.807) is 18.2 Å². The van der Waals surface area contributed by atoms with Gasteiger partial charge in [0.15, 0.2) is 0 Å². The third-order valence-corrected chi connectivity index (χ3v) is 4.77. The molecular weight excluding hydrogens is 406 g/mol. The third-order valence-electron chi connectivity index (χ3n) is 4.46. The summed E-state index contributed by atoms with van der Waals surface area (Å²) in [5.41, 5.74) is 2.09. The molecule has 0 saturated heterocycles. The van der Waals surface area contributed by atoms with Crippen LogP contribution in [0.4, 0.5) is 5.69 Å². The number of fused-ring (bicyclic) bond motifs is 1. The highest BCUT2D eigenvalue weighted by Crippen LogP contribution is 2.25. The van der Waals surface area contributed by atoms with E-state index >= 15 is 0 Å². The first-order chi connectivity index (χ1) is 14.4. The summed E-state index contributed by atoms with van der Waals surface area (Å²) in [5.74, 6) is 0.345. The highest BCUT2D eigenvalue weighted by molar-refractivity contribution is 6.33. The molecule has 2 aromatic carbocycles. The third kappa shape index (κ3) is 3.90. The van der Waals surface area contributed by atoms with Crippen LogP contribution in [0.5, 0.6) is 11.6 Å². The maximum absolute atomic E-state index is 12.7. The molecule has 0 aliphatic heterocycles. The SMILES string of the molecule is Cc1ccc(NC(=O)Cn2nc3c(Oc4ccccc4C)nccn3c2=O)c(Cl)c1. The van der Waals surface area contributed by atoms with Gasteiger partial charge in [0, 0.05) is 12.4 Å². The summed E-state index contributed by atoms with van der Waals surface area (Å²) in [6.07, 6.45) is 2.92. The molecule has 0 fully saturated rings.